The van der Waals surface area contributed by atoms with Crippen LogP contribution in [0.3, 0.4) is 0 Å². The van der Waals surface area contributed by atoms with Gasteiger partial charge in [-0.3, -0.25) is 14.2 Å². The summed E-state index contributed by atoms with van der Waals surface area (Å²) < 4.78 is 40.5. The number of fused-ring (bicyclic) bond motifs is 2. The molecule has 41 heavy (non-hydrogen) atoms. The third-order valence-corrected chi connectivity index (χ3v) is 8.01. The molecule has 11 heteroatoms. The first-order valence-corrected chi connectivity index (χ1v) is 14.1. The molecule has 210 valence electrons. The van der Waals surface area contributed by atoms with Crippen molar-refractivity contribution in [2.75, 3.05) is 0 Å². The van der Waals surface area contributed by atoms with E-state index in [-0.39, 0.29) is 29.4 Å². The quantitative estimate of drug-likeness (QED) is 0.226. The second kappa shape index (κ2) is 10.2. The lowest BCUT2D eigenvalue weighted by molar-refractivity contribution is -0.129. The van der Waals surface area contributed by atoms with Crippen LogP contribution in [-0.4, -0.2) is 47.5 Å². The molecule has 1 aromatic carbocycles. The van der Waals surface area contributed by atoms with Gasteiger partial charge in [0.15, 0.2) is 0 Å². The van der Waals surface area contributed by atoms with Crippen LogP contribution in [0.4, 0.5) is 8.78 Å². The van der Waals surface area contributed by atoms with Gasteiger partial charge in [0, 0.05) is 52.6 Å². The van der Waals surface area contributed by atoms with Crippen molar-refractivity contribution in [3.05, 3.63) is 72.0 Å². The predicted molar refractivity (Wildman–Crippen MR) is 154 cm³/mol. The summed E-state index contributed by atoms with van der Waals surface area (Å²) in [7, 11) is 1.83. The molecule has 0 bridgehead atoms. The average molecular weight is 575 g/mol. The maximum Gasteiger partial charge on any atom is 0.246 e. The van der Waals surface area contributed by atoms with Gasteiger partial charge >= 0.3 is 0 Å². The van der Waals surface area contributed by atoms with Crippen LogP contribution in [0.15, 0.2) is 54.7 Å². The smallest absolute Gasteiger partial charge is 0.246 e. The third-order valence-electron chi connectivity index (χ3n) is 7.08. The zero-order valence-electron chi connectivity index (χ0n) is 23.1. The molecular weight excluding hydrogens is 546 g/mol. The average Bonchev–Trinajstić information content (AvgIpc) is 3.66. The standard InChI is InChI=1S/C30H28F2N6O2S/c1-6-25(39)37-15-20-11-23(35-38(20)13-17(37)4)29-27(26-22(32)9-19(31)10-24(26)40-16(2)3)30-21(7-8-41-30)28(34-29)18-12-33-36(5)14-18/h6-12,14,16-17H,1,13,15H2,2-5H3. The van der Waals surface area contributed by atoms with Gasteiger partial charge < -0.3 is 9.64 Å². The summed E-state index contributed by atoms with van der Waals surface area (Å²) in [4.78, 5) is 19.3. The number of pyridine rings is 1. The summed E-state index contributed by atoms with van der Waals surface area (Å²) in [5, 5.41) is 11.9. The Balaban J connectivity index is 1.65. The highest BCUT2D eigenvalue weighted by atomic mass is 32.1. The number of hydrogen-bond acceptors (Lipinski definition) is 6. The minimum absolute atomic E-state index is 0.0877. The number of carbonyl (C=O) groups is 1. The van der Waals surface area contributed by atoms with Gasteiger partial charge in [-0.05, 0) is 44.4 Å². The largest absolute Gasteiger partial charge is 0.490 e. The summed E-state index contributed by atoms with van der Waals surface area (Å²) in [5.74, 6) is -1.56. The summed E-state index contributed by atoms with van der Waals surface area (Å²) in [6, 6.07) is 5.78. The predicted octanol–water partition coefficient (Wildman–Crippen LogP) is 6.21. The van der Waals surface area contributed by atoms with E-state index in [1.807, 2.05) is 42.4 Å². The Hall–Kier alpha value is -4.38. The van der Waals surface area contributed by atoms with Crippen molar-refractivity contribution in [1.82, 2.24) is 29.4 Å². The molecule has 0 saturated heterocycles. The number of aromatic nitrogens is 5. The first-order chi connectivity index (χ1) is 19.6. The van der Waals surface area contributed by atoms with Gasteiger partial charge in [0.05, 0.1) is 42.3 Å². The zero-order valence-corrected chi connectivity index (χ0v) is 23.9. The first kappa shape index (κ1) is 26.8. The molecule has 1 unspecified atom stereocenters. The molecule has 5 aromatic rings. The Labute approximate surface area is 239 Å². The molecule has 0 N–H and O–H groups in total. The Morgan fingerprint density at radius 3 is 2.73 bits per heavy atom. The highest BCUT2D eigenvalue weighted by Crippen LogP contribution is 2.47. The highest BCUT2D eigenvalue weighted by molar-refractivity contribution is 7.18. The lowest BCUT2D eigenvalue weighted by Crippen LogP contribution is -2.44. The molecule has 8 nitrogen and oxygen atoms in total. The van der Waals surface area contributed by atoms with E-state index in [4.69, 9.17) is 14.8 Å². The van der Waals surface area contributed by atoms with Crippen molar-refractivity contribution >= 4 is 27.3 Å². The van der Waals surface area contributed by atoms with E-state index in [0.717, 1.165) is 27.4 Å². The van der Waals surface area contributed by atoms with Gasteiger partial charge in [0.1, 0.15) is 28.8 Å². The summed E-state index contributed by atoms with van der Waals surface area (Å²) in [6.07, 6.45) is 4.58. The van der Waals surface area contributed by atoms with Gasteiger partial charge in [0.2, 0.25) is 5.91 Å². The van der Waals surface area contributed by atoms with E-state index in [9.17, 15) is 9.18 Å². The molecule has 4 aromatic heterocycles. The number of thiophene rings is 1. The van der Waals surface area contributed by atoms with E-state index >= 15 is 4.39 Å². The molecule has 1 aliphatic rings. The molecule has 0 saturated carbocycles. The highest BCUT2D eigenvalue weighted by Gasteiger charge is 2.30. The summed E-state index contributed by atoms with van der Waals surface area (Å²) >= 11 is 1.43. The van der Waals surface area contributed by atoms with Crippen LogP contribution in [0.1, 0.15) is 26.5 Å². The minimum Gasteiger partial charge on any atom is -0.490 e. The Morgan fingerprint density at radius 1 is 1.22 bits per heavy atom. The molecule has 1 amide bonds. The van der Waals surface area contributed by atoms with E-state index in [1.54, 1.807) is 29.6 Å². The molecule has 1 aliphatic heterocycles. The van der Waals surface area contributed by atoms with Crippen LogP contribution in [0.25, 0.3) is 43.9 Å². The van der Waals surface area contributed by atoms with Crippen LogP contribution in [0, 0.1) is 11.6 Å². The topological polar surface area (TPSA) is 78.1 Å². The normalized spacial score (nSPS) is 15.0. The number of aryl methyl sites for hydroxylation is 1. The summed E-state index contributed by atoms with van der Waals surface area (Å²) in [6.45, 7) is 10.0. The van der Waals surface area contributed by atoms with Crippen LogP contribution < -0.4 is 4.74 Å². The fraction of sp³-hybridized carbons (Fsp3) is 0.267. The van der Waals surface area contributed by atoms with E-state index in [2.05, 4.69) is 11.7 Å². The van der Waals surface area contributed by atoms with Gasteiger partial charge in [-0.25, -0.2) is 13.8 Å². The van der Waals surface area contributed by atoms with E-state index in [0.29, 0.717) is 35.7 Å². The Bertz CT molecular complexity index is 1820. The molecule has 0 spiro atoms. The van der Waals surface area contributed by atoms with E-state index in [1.165, 1.54) is 23.5 Å². The molecule has 0 radical (unpaired) electrons. The fourth-order valence-corrected chi connectivity index (χ4v) is 6.24. The van der Waals surface area contributed by atoms with Crippen molar-refractivity contribution in [2.24, 2.45) is 7.05 Å². The third kappa shape index (κ3) is 4.69. The number of ether oxygens (including phenoxy) is 1. The van der Waals surface area contributed by atoms with Crippen molar-refractivity contribution < 1.29 is 18.3 Å². The number of carbonyl (C=O) groups excluding carboxylic acids is 1. The Morgan fingerprint density at radius 2 is 2.02 bits per heavy atom. The van der Waals surface area contributed by atoms with Crippen LogP contribution in [0.2, 0.25) is 0 Å². The molecule has 5 heterocycles. The number of amides is 1. The molecule has 0 fully saturated rings. The summed E-state index contributed by atoms with van der Waals surface area (Å²) in [5.41, 5.74) is 3.80. The van der Waals surface area contributed by atoms with Crippen molar-refractivity contribution in [1.29, 1.82) is 0 Å². The van der Waals surface area contributed by atoms with Gasteiger partial charge in [-0.2, -0.15) is 10.2 Å². The van der Waals surface area contributed by atoms with Crippen molar-refractivity contribution in [2.45, 2.75) is 46.0 Å². The molecule has 1 atom stereocenters. The molecule has 6 rings (SSSR count). The fourth-order valence-electron chi connectivity index (χ4n) is 5.29. The van der Waals surface area contributed by atoms with Crippen molar-refractivity contribution in [3.8, 4) is 39.5 Å². The molecular formula is C30H28F2N6O2S. The maximum absolute atomic E-state index is 15.8. The zero-order chi connectivity index (χ0) is 29.0. The monoisotopic (exact) mass is 574 g/mol. The number of nitrogens with zero attached hydrogens (tertiary/aromatic N) is 6. The Kier molecular flexibility index (Phi) is 6.69. The number of rotatable bonds is 6. The second-order valence-electron chi connectivity index (χ2n) is 10.4. The number of hydrogen-bond donors (Lipinski definition) is 0. The number of halogens is 2. The number of benzene rings is 1. The van der Waals surface area contributed by atoms with Crippen LogP contribution in [0.5, 0.6) is 5.75 Å². The lowest BCUT2D eigenvalue weighted by atomic mass is 9.97. The van der Waals surface area contributed by atoms with Gasteiger partial charge in [-0.1, -0.05) is 6.58 Å². The van der Waals surface area contributed by atoms with Gasteiger partial charge in [0.25, 0.3) is 0 Å². The lowest BCUT2D eigenvalue weighted by Gasteiger charge is -2.33. The van der Waals surface area contributed by atoms with E-state index < -0.39 is 11.6 Å². The minimum atomic E-state index is -0.757. The van der Waals surface area contributed by atoms with Crippen LogP contribution in [-0.2, 0) is 24.9 Å². The maximum atomic E-state index is 15.8. The second-order valence-corrected chi connectivity index (χ2v) is 11.3. The van der Waals surface area contributed by atoms with Crippen LogP contribution >= 0.6 is 11.3 Å². The van der Waals surface area contributed by atoms with Crippen molar-refractivity contribution in [3.63, 3.8) is 0 Å². The first-order valence-electron chi connectivity index (χ1n) is 13.2. The molecule has 0 aliphatic carbocycles. The van der Waals surface area contributed by atoms with Gasteiger partial charge in [-0.15, -0.1) is 11.3 Å². The SMILES string of the molecule is C=CC(=O)N1Cc2cc(-c3nc(-c4cnn(C)c4)c4ccsc4c3-c3c(F)cc(F)cc3OC(C)C)nn2CC1C.